The molecule has 4 N–H and O–H groups in total. The average molecular weight is 249 g/mol. The highest BCUT2D eigenvalue weighted by Crippen LogP contribution is 2.10. The van der Waals surface area contributed by atoms with Crippen molar-refractivity contribution >= 4 is 11.8 Å². The molecule has 1 aromatic rings. The van der Waals surface area contributed by atoms with E-state index in [-0.39, 0.29) is 11.8 Å². The van der Waals surface area contributed by atoms with Gasteiger partial charge in [0.05, 0.1) is 0 Å². The first-order valence-electron chi connectivity index (χ1n) is 5.89. The number of benzene rings is 1. The lowest BCUT2D eigenvalue weighted by molar-refractivity contribution is -0.124. The second kappa shape index (κ2) is 6.76. The number of rotatable bonds is 6. The molecule has 0 bridgehead atoms. The van der Waals surface area contributed by atoms with Gasteiger partial charge in [0.25, 0.3) is 0 Å². The van der Waals surface area contributed by atoms with Gasteiger partial charge >= 0.3 is 0 Å². The lowest BCUT2D eigenvalue weighted by atomic mass is 10.1. The normalized spacial score (nSPS) is 12.2. The second-order valence-corrected chi connectivity index (χ2v) is 4.54. The van der Waals surface area contributed by atoms with E-state index in [9.17, 15) is 9.59 Å². The van der Waals surface area contributed by atoms with Crippen molar-refractivity contribution in [1.82, 2.24) is 10.9 Å². The van der Waals surface area contributed by atoms with Gasteiger partial charge in [-0.2, -0.15) is 0 Å². The summed E-state index contributed by atoms with van der Waals surface area (Å²) in [6.07, 6.45) is 0.396. The maximum Gasteiger partial charge on any atom is 0.240 e. The van der Waals surface area contributed by atoms with Crippen LogP contribution in [0.1, 0.15) is 31.9 Å². The molecule has 18 heavy (non-hydrogen) atoms. The van der Waals surface area contributed by atoms with Gasteiger partial charge in [0.15, 0.2) is 0 Å². The smallest absolute Gasteiger partial charge is 0.240 e. The predicted molar refractivity (Wildman–Crippen MR) is 69.1 cm³/mol. The highest BCUT2D eigenvalue weighted by atomic mass is 16.2. The molecule has 0 saturated heterocycles. The molecule has 0 unspecified atom stereocenters. The van der Waals surface area contributed by atoms with Gasteiger partial charge in [-0.15, -0.1) is 0 Å². The summed E-state index contributed by atoms with van der Waals surface area (Å²) < 4.78 is 0. The third-order valence-corrected chi connectivity index (χ3v) is 2.37. The largest absolute Gasteiger partial charge is 0.368 e. The lowest BCUT2D eigenvalue weighted by Gasteiger charge is -2.17. The third kappa shape index (κ3) is 4.55. The number of nitrogens with two attached hydrogens (primary N) is 1. The average Bonchev–Trinajstić information content (AvgIpc) is 2.29. The van der Waals surface area contributed by atoms with Crippen molar-refractivity contribution in [3.63, 3.8) is 0 Å². The summed E-state index contributed by atoms with van der Waals surface area (Å²) in [6.45, 7) is 3.89. The van der Waals surface area contributed by atoms with Gasteiger partial charge in [-0.05, 0) is 11.5 Å². The molecule has 0 heterocycles. The van der Waals surface area contributed by atoms with Crippen molar-refractivity contribution < 1.29 is 9.59 Å². The highest BCUT2D eigenvalue weighted by Gasteiger charge is 2.17. The van der Waals surface area contributed by atoms with E-state index in [2.05, 4.69) is 10.9 Å². The lowest BCUT2D eigenvalue weighted by Crippen LogP contribution is -2.45. The van der Waals surface area contributed by atoms with Crippen molar-refractivity contribution in [3.05, 3.63) is 35.9 Å². The Morgan fingerprint density at radius 1 is 1.22 bits per heavy atom. The second-order valence-electron chi connectivity index (χ2n) is 4.54. The van der Waals surface area contributed by atoms with Crippen LogP contribution >= 0.6 is 0 Å². The molecule has 0 aliphatic rings. The molecule has 0 spiro atoms. The van der Waals surface area contributed by atoms with Crippen LogP contribution in [-0.2, 0) is 9.59 Å². The van der Waals surface area contributed by atoms with Crippen LogP contribution in [-0.4, -0.2) is 11.8 Å². The summed E-state index contributed by atoms with van der Waals surface area (Å²) in [5, 5.41) is 0. The Balaban J connectivity index is 2.60. The van der Waals surface area contributed by atoms with Crippen LogP contribution in [0.2, 0.25) is 0 Å². The van der Waals surface area contributed by atoms with Crippen LogP contribution in [0, 0.1) is 5.92 Å². The van der Waals surface area contributed by atoms with Gasteiger partial charge in [-0.3, -0.25) is 15.0 Å². The fourth-order valence-corrected chi connectivity index (χ4v) is 1.54. The quantitative estimate of drug-likeness (QED) is 0.654. The Labute approximate surface area is 107 Å². The molecule has 0 fully saturated rings. The van der Waals surface area contributed by atoms with E-state index in [0.29, 0.717) is 6.42 Å². The minimum absolute atomic E-state index is 0.160. The molecule has 1 atom stereocenters. The van der Waals surface area contributed by atoms with E-state index in [4.69, 9.17) is 5.73 Å². The van der Waals surface area contributed by atoms with E-state index in [1.807, 2.05) is 32.0 Å². The standard InChI is InChI=1S/C13H19N3O2/c1-9(2)8-11(17)15-16-12(13(14)18)10-6-4-3-5-7-10/h3-7,9,12,16H,8H2,1-2H3,(H2,14,18)(H,15,17)/t12-/m1/s1. The molecule has 0 aromatic heterocycles. The Morgan fingerprint density at radius 3 is 2.33 bits per heavy atom. The molecule has 1 aromatic carbocycles. The fourth-order valence-electron chi connectivity index (χ4n) is 1.54. The minimum Gasteiger partial charge on any atom is -0.368 e. The maximum absolute atomic E-state index is 11.5. The van der Waals surface area contributed by atoms with Crippen LogP contribution in [0.5, 0.6) is 0 Å². The summed E-state index contributed by atoms with van der Waals surface area (Å²) in [4.78, 5) is 22.8. The van der Waals surface area contributed by atoms with Crippen LogP contribution in [0.3, 0.4) is 0 Å². The first kappa shape index (κ1) is 14.2. The van der Waals surface area contributed by atoms with Gasteiger partial charge in [0.2, 0.25) is 11.8 Å². The number of primary amides is 1. The SMILES string of the molecule is CC(C)CC(=O)NN[C@@H](C(N)=O)c1ccccc1. The number of nitrogens with one attached hydrogen (secondary N) is 2. The predicted octanol–water partition coefficient (Wildman–Crippen LogP) is 0.880. The summed E-state index contributed by atoms with van der Waals surface area (Å²) in [5.74, 6) is -0.436. The topological polar surface area (TPSA) is 84.2 Å². The number of hydrogen-bond acceptors (Lipinski definition) is 3. The molecule has 5 nitrogen and oxygen atoms in total. The molecule has 0 aliphatic carbocycles. The van der Waals surface area contributed by atoms with Gasteiger partial charge in [0.1, 0.15) is 6.04 Å². The first-order valence-corrected chi connectivity index (χ1v) is 5.89. The van der Waals surface area contributed by atoms with Crippen molar-refractivity contribution in [2.24, 2.45) is 11.7 Å². The molecule has 5 heteroatoms. The maximum atomic E-state index is 11.5. The summed E-state index contributed by atoms with van der Waals surface area (Å²) in [5.41, 5.74) is 11.2. The van der Waals surface area contributed by atoms with Gasteiger partial charge in [-0.25, -0.2) is 5.43 Å². The molecule has 98 valence electrons. The van der Waals surface area contributed by atoms with Gasteiger partial charge in [-0.1, -0.05) is 44.2 Å². The molecule has 0 radical (unpaired) electrons. The Hall–Kier alpha value is -1.88. The monoisotopic (exact) mass is 249 g/mol. The van der Waals surface area contributed by atoms with Crippen LogP contribution in [0.4, 0.5) is 0 Å². The van der Waals surface area contributed by atoms with Crippen molar-refractivity contribution in [3.8, 4) is 0 Å². The molecule has 1 rings (SSSR count). The van der Waals surface area contributed by atoms with Gasteiger partial charge < -0.3 is 5.73 Å². The first-order chi connectivity index (χ1) is 8.50. The number of amides is 2. The van der Waals surface area contributed by atoms with Crippen molar-refractivity contribution in [1.29, 1.82) is 0 Å². The zero-order valence-electron chi connectivity index (χ0n) is 10.6. The minimum atomic E-state index is -0.720. The Bertz CT molecular complexity index is 404. The summed E-state index contributed by atoms with van der Waals surface area (Å²) in [7, 11) is 0. The number of hydrogen-bond donors (Lipinski definition) is 3. The summed E-state index contributed by atoms with van der Waals surface area (Å²) >= 11 is 0. The molecule has 2 amide bonds. The highest BCUT2D eigenvalue weighted by molar-refractivity contribution is 5.82. The molecular formula is C13H19N3O2. The van der Waals surface area contributed by atoms with Crippen LogP contribution in [0.25, 0.3) is 0 Å². The van der Waals surface area contributed by atoms with E-state index in [1.54, 1.807) is 12.1 Å². The molecule has 0 saturated carbocycles. The number of hydrazine groups is 1. The fraction of sp³-hybridized carbons (Fsp3) is 0.385. The molecular weight excluding hydrogens is 230 g/mol. The Kier molecular flexibility index (Phi) is 5.32. The van der Waals surface area contributed by atoms with Crippen molar-refractivity contribution in [2.75, 3.05) is 0 Å². The van der Waals surface area contributed by atoms with E-state index >= 15 is 0 Å². The van der Waals surface area contributed by atoms with Crippen LogP contribution in [0.15, 0.2) is 30.3 Å². The van der Waals surface area contributed by atoms with E-state index in [0.717, 1.165) is 5.56 Å². The van der Waals surface area contributed by atoms with Gasteiger partial charge in [0, 0.05) is 6.42 Å². The van der Waals surface area contributed by atoms with Crippen molar-refractivity contribution in [2.45, 2.75) is 26.3 Å². The molecule has 0 aliphatic heterocycles. The zero-order chi connectivity index (χ0) is 13.5. The number of carbonyl (C=O) groups excluding carboxylic acids is 2. The van der Waals surface area contributed by atoms with E-state index < -0.39 is 11.9 Å². The third-order valence-electron chi connectivity index (χ3n) is 2.37. The van der Waals surface area contributed by atoms with Crippen LogP contribution < -0.4 is 16.6 Å². The zero-order valence-corrected chi connectivity index (χ0v) is 10.6. The van der Waals surface area contributed by atoms with E-state index in [1.165, 1.54) is 0 Å². The summed E-state index contributed by atoms with van der Waals surface area (Å²) in [6, 6.07) is 8.29. The number of carbonyl (C=O) groups is 2. The Morgan fingerprint density at radius 2 is 1.83 bits per heavy atom.